The molecule has 29 heavy (non-hydrogen) atoms. The Hall–Kier alpha value is -2.99. The lowest BCUT2D eigenvalue weighted by Crippen LogP contribution is -2.19. The second-order valence-corrected chi connectivity index (χ2v) is 7.07. The number of furan rings is 1. The fourth-order valence-corrected chi connectivity index (χ4v) is 3.49. The highest BCUT2D eigenvalue weighted by atomic mass is 16.5. The molecule has 1 aliphatic rings. The average Bonchev–Trinajstić information content (AvgIpc) is 3.14. The van der Waals surface area contributed by atoms with E-state index in [1.165, 1.54) is 0 Å². The number of benzene rings is 2. The first-order valence-electron chi connectivity index (χ1n) is 10.1. The minimum Gasteiger partial charge on any atom is -0.493 e. The van der Waals surface area contributed by atoms with Gasteiger partial charge in [-0.05, 0) is 50.1 Å². The van der Waals surface area contributed by atoms with Gasteiger partial charge in [-0.3, -0.25) is 4.79 Å². The van der Waals surface area contributed by atoms with Crippen molar-refractivity contribution in [2.75, 3.05) is 25.1 Å². The largest absolute Gasteiger partial charge is 0.493 e. The van der Waals surface area contributed by atoms with Gasteiger partial charge >= 0.3 is 0 Å². The molecule has 0 spiro atoms. The Balaban J connectivity index is 1.21. The van der Waals surface area contributed by atoms with E-state index < -0.39 is 0 Å². The molecule has 1 amide bonds. The minimum absolute atomic E-state index is 0.0674. The van der Waals surface area contributed by atoms with Crippen molar-refractivity contribution in [1.29, 1.82) is 0 Å². The fraction of sp³-hybridized carbons (Fsp3) is 0.348. The summed E-state index contributed by atoms with van der Waals surface area (Å²) in [5, 5.41) is 7.34. The second-order valence-electron chi connectivity index (χ2n) is 7.07. The number of hydrogen-bond donors (Lipinski definition) is 2. The molecule has 4 rings (SSSR count). The number of amides is 1. The number of ether oxygens (including phenoxy) is 2. The van der Waals surface area contributed by atoms with Gasteiger partial charge in [0.15, 0.2) is 11.3 Å². The number of carbonyl (C=O) groups excluding carboxylic acids is 1. The molecule has 0 saturated heterocycles. The summed E-state index contributed by atoms with van der Waals surface area (Å²) in [6.07, 6.45) is 2.21. The lowest BCUT2D eigenvalue weighted by atomic mass is 10.0. The molecular weight excluding hydrogens is 368 g/mol. The van der Waals surface area contributed by atoms with Crippen LogP contribution in [0.25, 0.3) is 11.0 Å². The summed E-state index contributed by atoms with van der Waals surface area (Å²) in [4.78, 5) is 11.5. The summed E-state index contributed by atoms with van der Waals surface area (Å²) in [5.74, 6) is 2.52. The highest BCUT2D eigenvalue weighted by Gasteiger charge is 2.15. The Morgan fingerprint density at radius 1 is 1.14 bits per heavy atom. The lowest BCUT2D eigenvalue weighted by Gasteiger charge is -2.17. The first kappa shape index (κ1) is 19.3. The molecule has 2 heterocycles. The van der Waals surface area contributed by atoms with Crippen LogP contribution in [0.1, 0.15) is 31.1 Å². The molecule has 152 valence electrons. The molecule has 0 unspecified atom stereocenters. The highest BCUT2D eigenvalue weighted by Crippen LogP contribution is 2.29. The SMILES string of the molecule is CCOc1cccc2cc(CNCCCOc3ccc4c(c3)NC(=O)CC4)oc12. The van der Waals surface area contributed by atoms with Gasteiger partial charge in [0.25, 0.3) is 0 Å². The van der Waals surface area contributed by atoms with Gasteiger partial charge in [-0.2, -0.15) is 0 Å². The Labute approximate surface area is 170 Å². The second kappa shape index (κ2) is 9.01. The molecule has 0 bridgehead atoms. The molecule has 0 fully saturated rings. The Kier molecular flexibility index (Phi) is 6.00. The van der Waals surface area contributed by atoms with Crippen LogP contribution in [0.4, 0.5) is 5.69 Å². The van der Waals surface area contributed by atoms with E-state index in [0.29, 0.717) is 26.2 Å². The first-order valence-corrected chi connectivity index (χ1v) is 10.1. The van der Waals surface area contributed by atoms with Crippen LogP contribution in [0.3, 0.4) is 0 Å². The van der Waals surface area contributed by atoms with Crippen LogP contribution in [0.2, 0.25) is 0 Å². The molecule has 6 nitrogen and oxygen atoms in total. The smallest absolute Gasteiger partial charge is 0.224 e. The van der Waals surface area contributed by atoms with E-state index in [0.717, 1.165) is 58.9 Å². The third-order valence-electron chi connectivity index (χ3n) is 4.90. The zero-order chi connectivity index (χ0) is 20.1. The lowest BCUT2D eigenvalue weighted by molar-refractivity contribution is -0.116. The number of rotatable bonds is 9. The topological polar surface area (TPSA) is 72.7 Å². The van der Waals surface area contributed by atoms with Crippen molar-refractivity contribution in [2.24, 2.45) is 0 Å². The van der Waals surface area contributed by atoms with E-state index in [1.54, 1.807) is 0 Å². The molecule has 6 heteroatoms. The van der Waals surface area contributed by atoms with Crippen LogP contribution in [0.15, 0.2) is 46.9 Å². The molecule has 1 aliphatic heterocycles. The van der Waals surface area contributed by atoms with Gasteiger partial charge in [0, 0.05) is 23.6 Å². The minimum atomic E-state index is 0.0674. The predicted molar refractivity (Wildman–Crippen MR) is 113 cm³/mol. The molecule has 0 aliphatic carbocycles. The molecule has 0 atom stereocenters. The predicted octanol–water partition coefficient (Wildman–Crippen LogP) is 4.27. The summed E-state index contributed by atoms with van der Waals surface area (Å²) in [6.45, 7) is 4.66. The molecule has 2 aromatic carbocycles. The number of para-hydroxylation sites is 1. The number of carbonyl (C=O) groups is 1. The molecular formula is C23H26N2O4. The van der Waals surface area contributed by atoms with Crippen LogP contribution in [-0.2, 0) is 17.8 Å². The third kappa shape index (κ3) is 4.71. The van der Waals surface area contributed by atoms with Crippen molar-refractivity contribution in [3.8, 4) is 11.5 Å². The van der Waals surface area contributed by atoms with Gasteiger partial charge in [-0.1, -0.05) is 18.2 Å². The van der Waals surface area contributed by atoms with E-state index in [-0.39, 0.29) is 5.91 Å². The van der Waals surface area contributed by atoms with Crippen molar-refractivity contribution in [3.05, 3.63) is 53.8 Å². The van der Waals surface area contributed by atoms with Gasteiger partial charge in [0.2, 0.25) is 5.91 Å². The zero-order valence-electron chi connectivity index (χ0n) is 16.6. The molecule has 2 N–H and O–H groups in total. The van der Waals surface area contributed by atoms with Crippen LogP contribution in [0, 0.1) is 0 Å². The van der Waals surface area contributed by atoms with Gasteiger partial charge in [0.05, 0.1) is 19.8 Å². The molecule has 1 aromatic heterocycles. The maximum atomic E-state index is 11.5. The third-order valence-corrected chi connectivity index (χ3v) is 4.90. The van der Waals surface area contributed by atoms with E-state index in [2.05, 4.69) is 10.6 Å². The summed E-state index contributed by atoms with van der Waals surface area (Å²) >= 11 is 0. The van der Waals surface area contributed by atoms with Crippen molar-refractivity contribution >= 4 is 22.6 Å². The first-order chi connectivity index (χ1) is 14.2. The maximum Gasteiger partial charge on any atom is 0.224 e. The fourth-order valence-electron chi connectivity index (χ4n) is 3.49. The number of anilines is 1. The van der Waals surface area contributed by atoms with Gasteiger partial charge < -0.3 is 24.5 Å². The van der Waals surface area contributed by atoms with Gasteiger partial charge in [-0.15, -0.1) is 0 Å². The van der Waals surface area contributed by atoms with Gasteiger partial charge in [-0.25, -0.2) is 0 Å². The van der Waals surface area contributed by atoms with E-state index in [1.807, 2.05) is 49.4 Å². The van der Waals surface area contributed by atoms with Crippen molar-refractivity contribution < 1.29 is 18.7 Å². The van der Waals surface area contributed by atoms with Crippen molar-refractivity contribution in [2.45, 2.75) is 32.7 Å². The quantitative estimate of drug-likeness (QED) is 0.530. The van der Waals surface area contributed by atoms with E-state index in [4.69, 9.17) is 13.9 Å². The summed E-state index contributed by atoms with van der Waals surface area (Å²) < 4.78 is 17.4. The van der Waals surface area contributed by atoms with Crippen LogP contribution >= 0.6 is 0 Å². The standard InChI is InChI=1S/C23H26N2O4/c1-2-27-21-6-3-5-17-13-19(29-23(17)21)15-24-11-4-12-28-18-9-7-16-8-10-22(26)25-20(16)14-18/h3,5-7,9,13-14,24H,2,4,8,10-12,15H2,1H3,(H,25,26). The monoisotopic (exact) mass is 394 g/mol. The van der Waals surface area contributed by atoms with E-state index in [9.17, 15) is 4.79 Å². The number of nitrogens with one attached hydrogen (secondary N) is 2. The Bertz CT molecular complexity index is 996. The van der Waals surface area contributed by atoms with E-state index >= 15 is 0 Å². The molecule has 3 aromatic rings. The van der Waals surface area contributed by atoms with Crippen molar-refractivity contribution in [1.82, 2.24) is 5.32 Å². The molecule has 0 saturated carbocycles. The van der Waals surface area contributed by atoms with Gasteiger partial charge in [0.1, 0.15) is 11.5 Å². The maximum absolute atomic E-state index is 11.5. The summed E-state index contributed by atoms with van der Waals surface area (Å²) in [6, 6.07) is 13.9. The Morgan fingerprint density at radius 3 is 2.97 bits per heavy atom. The summed E-state index contributed by atoms with van der Waals surface area (Å²) in [7, 11) is 0. The normalized spacial score (nSPS) is 13.2. The molecule has 0 radical (unpaired) electrons. The zero-order valence-corrected chi connectivity index (χ0v) is 16.6. The average molecular weight is 394 g/mol. The summed E-state index contributed by atoms with van der Waals surface area (Å²) in [5.41, 5.74) is 2.83. The number of fused-ring (bicyclic) bond motifs is 2. The Morgan fingerprint density at radius 2 is 2.07 bits per heavy atom. The van der Waals surface area contributed by atoms with Crippen LogP contribution in [-0.4, -0.2) is 25.7 Å². The number of hydrogen-bond acceptors (Lipinski definition) is 5. The van der Waals surface area contributed by atoms with Crippen LogP contribution < -0.4 is 20.1 Å². The van der Waals surface area contributed by atoms with Crippen molar-refractivity contribution in [3.63, 3.8) is 0 Å². The highest BCUT2D eigenvalue weighted by molar-refractivity contribution is 5.94. The van der Waals surface area contributed by atoms with Crippen LogP contribution in [0.5, 0.6) is 11.5 Å². The number of aryl methyl sites for hydroxylation is 1.